The van der Waals surface area contributed by atoms with Crippen LogP contribution in [0, 0.1) is 5.92 Å². The van der Waals surface area contributed by atoms with Gasteiger partial charge in [0.1, 0.15) is 0 Å². The van der Waals surface area contributed by atoms with E-state index in [1.165, 1.54) is 19.3 Å². The molecule has 18 heavy (non-hydrogen) atoms. The molecule has 100 valence electrons. The van der Waals surface area contributed by atoms with Crippen molar-refractivity contribution in [2.24, 2.45) is 5.92 Å². The van der Waals surface area contributed by atoms with Gasteiger partial charge in [-0.2, -0.15) is 0 Å². The Labute approximate surface area is 114 Å². The molecule has 1 aromatic rings. The van der Waals surface area contributed by atoms with Gasteiger partial charge in [0.25, 0.3) is 0 Å². The lowest BCUT2D eigenvalue weighted by Crippen LogP contribution is -2.02. The van der Waals surface area contributed by atoms with Crippen molar-refractivity contribution in [3.05, 3.63) is 34.9 Å². The fraction of sp³-hybridized carbons (Fsp3) is 0.600. The highest BCUT2D eigenvalue weighted by molar-refractivity contribution is 6.30. The van der Waals surface area contributed by atoms with E-state index < -0.39 is 0 Å². The van der Waals surface area contributed by atoms with E-state index in [1.807, 2.05) is 24.3 Å². The second-order valence-electron chi connectivity index (χ2n) is 4.88. The lowest BCUT2D eigenvalue weighted by atomic mass is 10.2. The molecule has 0 heterocycles. The average Bonchev–Trinajstić information content (AvgIpc) is 3.19. The largest absolute Gasteiger partial charge is 0.381 e. The highest BCUT2D eigenvalue weighted by Gasteiger charge is 2.20. The molecule has 2 nitrogen and oxygen atoms in total. The molecule has 0 spiro atoms. The first-order valence-electron chi connectivity index (χ1n) is 6.74. The lowest BCUT2D eigenvalue weighted by Gasteiger charge is -2.05. The first-order valence-corrected chi connectivity index (χ1v) is 7.12. The van der Waals surface area contributed by atoms with Crippen molar-refractivity contribution in [1.82, 2.24) is 0 Å². The molecule has 0 aromatic heterocycles. The molecule has 1 saturated carbocycles. The maximum atomic E-state index is 5.81. The van der Waals surface area contributed by atoms with Crippen molar-refractivity contribution >= 4 is 11.6 Å². The summed E-state index contributed by atoms with van der Waals surface area (Å²) in [5.41, 5.74) is 1.16. The summed E-state index contributed by atoms with van der Waals surface area (Å²) in [6, 6.07) is 7.77. The van der Waals surface area contributed by atoms with Gasteiger partial charge in [-0.25, -0.2) is 0 Å². The van der Waals surface area contributed by atoms with Crippen LogP contribution >= 0.6 is 11.6 Å². The number of halogens is 1. The van der Waals surface area contributed by atoms with Crippen molar-refractivity contribution in [2.75, 3.05) is 19.8 Å². The molecule has 1 aromatic carbocycles. The average molecular weight is 269 g/mol. The molecule has 0 aliphatic heterocycles. The van der Waals surface area contributed by atoms with Crippen LogP contribution in [0.25, 0.3) is 0 Å². The van der Waals surface area contributed by atoms with Gasteiger partial charge in [-0.1, -0.05) is 36.6 Å². The molecule has 0 atom stereocenters. The van der Waals surface area contributed by atoms with E-state index in [9.17, 15) is 0 Å². The van der Waals surface area contributed by atoms with Gasteiger partial charge < -0.3 is 9.47 Å². The van der Waals surface area contributed by atoms with Gasteiger partial charge in [0.05, 0.1) is 6.61 Å². The summed E-state index contributed by atoms with van der Waals surface area (Å²) in [7, 11) is 0. The van der Waals surface area contributed by atoms with Crippen molar-refractivity contribution in [1.29, 1.82) is 0 Å². The Morgan fingerprint density at radius 3 is 2.44 bits per heavy atom. The molecular weight excluding hydrogens is 248 g/mol. The summed E-state index contributed by atoms with van der Waals surface area (Å²) < 4.78 is 11.1. The van der Waals surface area contributed by atoms with E-state index in [-0.39, 0.29) is 0 Å². The maximum Gasteiger partial charge on any atom is 0.0716 e. The minimum absolute atomic E-state index is 0.652. The Kier molecular flexibility index (Phi) is 5.98. The zero-order valence-corrected chi connectivity index (χ0v) is 11.5. The van der Waals surface area contributed by atoms with Crippen LogP contribution in [0.2, 0.25) is 5.02 Å². The van der Waals surface area contributed by atoms with Crippen molar-refractivity contribution in [3.63, 3.8) is 0 Å². The molecule has 1 aliphatic rings. The van der Waals surface area contributed by atoms with Crippen LogP contribution in [-0.4, -0.2) is 19.8 Å². The summed E-state index contributed by atoms with van der Waals surface area (Å²) in [6.07, 6.45) is 5.03. The molecule has 0 unspecified atom stereocenters. The van der Waals surface area contributed by atoms with Crippen LogP contribution in [0.15, 0.2) is 24.3 Å². The van der Waals surface area contributed by atoms with Gasteiger partial charge in [-0.3, -0.25) is 0 Å². The highest BCUT2D eigenvalue weighted by atomic mass is 35.5. The first-order chi connectivity index (χ1) is 8.84. The van der Waals surface area contributed by atoms with Crippen LogP contribution in [0.4, 0.5) is 0 Å². The van der Waals surface area contributed by atoms with Gasteiger partial charge in [0.15, 0.2) is 0 Å². The zero-order valence-electron chi connectivity index (χ0n) is 10.7. The third-order valence-corrected chi connectivity index (χ3v) is 3.38. The quantitative estimate of drug-likeness (QED) is 0.629. The summed E-state index contributed by atoms with van der Waals surface area (Å²) in [5.74, 6) is 0.964. The van der Waals surface area contributed by atoms with E-state index in [1.54, 1.807) is 0 Å². The van der Waals surface area contributed by atoms with Gasteiger partial charge in [0, 0.05) is 24.8 Å². The van der Waals surface area contributed by atoms with E-state index in [4.69, 9.17) is 21.1 Å². The van der Waals surface area contributed by atoms with Crippen LogP contribution in [0.1, 0.15) is 31.2 Å². The molecule has 1 fully saturated rings. The van der Waals surface area contributed by atoms with Crippen LogP contribution < -0.4 is 0 Å². The normalized spacial score (nSPS) is 14.9. The highest BCUT2D eigenvalue weighted by Crippen LogP contribution is 2.32. The molecule has 0 N–H and O–H groups in total. The Balaban J connectivity index is 1.42. The number of ether oxygens (including phenoxy) is 2. The molecule has 0 saturated heterocycles. The van der Waals surface area contributed by atoms with Gasteiger partial charge in [-0.15, -0.1) is 0 Å². The summed E-state index contributed by atoms with van der Waals surface area (Å²) in [4.78, 5) is 0. The molecular formula is C15H21ClO2. The van der Waals surface area contributed by atoms with Crippen LogP contribution in [-0.2, 0) is 16.1 Å². The maximum absolute atomic E-state index is 5.81. The number of rotatable bonds is 9. The summed E-state index contributed by atoms with van der Waals surface area (Å²) >= 11 is 5.81. The number of benzene rings is 1. The van der Waals surface area contributed by atoms with Gasteiger partial charge in [-0.05, 0) is 36.5 Å². The van der Waals surface area contributed by atoms with Gasteiger partial charge in [0.2, 0.25) is 0 Å². The molecule has 0 bridgehead atoms. The van der Waals surface area contributed by atoms with Gasteiger partial charge >= 0.3 is 0 Å². The molecule has 2 rings (SSSR count). The zero-order chi connectivity index (χ0) is 12.6. The second kappa shape index (κ2) is 7.78. The topological polar surface area (TPSA) is 18.5 Å². The summed E-state index contributed by atoms with van der Waals surface area (Å²) in [6.45, 7) is 3.14. The predicted molar refractivity (Wildman–Crippen MR) is 73.9 cm³/mol. The third kappa shape index (κ3) is 5.85. The van der Waals surface area contributed by atoms with E-state index in [0.29, 0.717) is 6.61 Å². The predicted octanol–water partition coefficient (Wildman–Crippen LogP) is 4.06. The van der Waals surface area contributed by atoms with Crippen LogP contribution in [0.5, 0.6) is 0 Å². The molecule has 0 radical (unpaired) electrons. The molecule has 0 amide bonds. The fourth-order valence-corrected chi connectivity index (χ4v) is 1.92. The summed E-state index contributed by atoms with van der Waals surface area (Å²) in [5, 5.41) is 0.766. The smallest absolute Gasteiger partial charge is 0.0716 e. The Bertz CT molecular complexity index is 333. The minimum Gasteiger partial charge on any atom is -0.381 e. The lowest BCUT2D eigenvalue weighted by molar-refractivity contribution is 0.0737. The van der Waals surface area contributed by atoms with E-state index in [0.717, 1.165) is 42.7 Å². The second-order valence-corrected chi connectivity index (χ2v) is 5.31. The molecule has 3 heteroatoms. The van der Waals surface area contributed by atoms with E-state index >= 15 is 0 Å². The monoisotopic (exact) mass is 268 g/mol. The van der Waals surface area contributed by atoms with Crippen LogP contribution in [0.3, 0.4) is 0 Å². The minimum atomic E-state index is 0.652. The van der Waals surface area contributed by atoms with Crippen molar-refractivity contribution in [2.45, 2.75) is 32.3 Å². The fourth-order valence-electron chi connectivity index (χ4n) is 1.79. The van der Waals surface area contributed by atoms with Crippen molar-refractivity contribution in [3.8, 4) is 0 Å². The Hall–Kier alpha value is -0.570. The SMILES string of the molecule is Clc1ccc(COCCCOCCC2CC2)cc1. The van der Waals surface area contributed by atoms with E-state index in [2.05, 4.69) is 0 Å². The number of hydrogen-bond donors (Lipinski definition) is 0. The number of hydrogen-bond acceptors (Lipinski definition) is 2. The Morgan fingerprint density at radius 1 is 1.00 bits per heavy atom. The standard InChI is InChI=1S/C15H21ClO2/c16-15-6-4-14(5-7-15)12-18-10-1-9-17-11-8-13-2-3-13/h4-7,13H,1-3,8-12H2. The van der Waals surface area contributed by atoms with Crippen molar-refractivity contribution < 1.29 is 9.47 Å². The Morgan fingerprint density at radius 2 is 1.72 bits per heavy atom. The molecule has 1 aliphatic carbocycles. The first kappa shape index (κ1) is 13.9. The third-order valence-electron chi connectivity index (χ3n) is 3.13.